The highest BCUT2D eigenvalue weighted by Gasteiger charge is 2.45. The van der Waals surface area contributed by atoms with E-state index in [0.717, 1.165) is 12.8 Å². The number of hydrogen-bond donors (Lipinski definition) is 0. The summed E-state index contributed by atoms with van der Waals surface area (Å²) in [6.45, 7) is 31.6. The van der Waals surface area contributed by atoms with Gasteiger partial charge in [-0.3, -0.25) is 0 Å². The van der Waals surface area contributed by atoms with E-state index in [1.807, 2.05) is 0 Å². The Balaban J connectivity index is 3.27. The molecule has 1 aliphatic rings. The summed E-state index contributed by atoms with van der Waals surface area (Å²) < 4.78 is 13.7. The van der Waals surface area contributed by atoms with Crippen molar-refractivity contribution < 1.29 is 8.85 Å². The summed E-state index contributed by atoms with van der Waals surface area (Å²) in [6, 6.07) is 0. The Morgan fingerprint density at radius 3 is 2.03 bits per heavy atom. The Morgan fingerprint density at radius 2 is 1.63 bits per heavy atom. The molecule has 0 aromatic carbocycles. The zero-order chi connectivity index (χ0) is 23.7. The van der Waals surface area contributed by atoms with Gasteiger partial charge in [-0.25, -0.2) is 0 Å². The standard InChI is InChI=1S/C26H48O2Si2/c1-15-21(27-29(11,12)25(5,6)7)18-23-22(19(2)3)17-16-20(4)24(23)28-30(13,14)26(8,9)10/h1,16,21-24H,2,17-18H2,3-14H3/t21-,22-,23-,24-/m1/s1. The molecule has 0 heterocycles. The van der Waals surface area contributed by atoms with Gasteiger partial charge in [0.2, 0.25) is 0 Å². The van der Waals surface area contributed by atoms with E-state index in [9.17, 15) is 0 Å². The Labute approximate surface area is 190 Å². The maximum atomic E-state index is 7.01. The van der Waals surface area contributed by atoms with Crippen LogP contribution in [0.25, 0.3) is 0 Å². The van der Waals surface area contributed by atoms with Crippen LogP contribution >= 0.6 is 0 Å². The average molecular weight is 449 g/mol. The fraction of sp³-hybridized carbons (Fsp3) is 0.769. The summed E-state index contributed by atoms with van der Waals surface area (Å²) in [4.78, 5) is 0. The zero-order valence-corrected chi connectivity index (χ0v) is 23.9. The molecule has 0 radical (unpaired) electrons. The fourth-order valence-corrected chi connectivity index (χ4v) is 6.19. The molecule has 0 amide bonds. The molecule has 0 aliphatic heterocycles. The summed E-state index contributed by atoms with van der Waals surface area (Å²) in [7, 11) is -3.88. The molecule has 0 aromatic heterocycles. The van der Waals surface area contributed by atoms with Crippen LogP contribution in [0.2, 0.25) is 36.3 Å². The first-order valence-corrected chi connectivity index (χ1v) is 17.3. The van der Waals surface area contributed by atoms with Crippen LogP contribution < -0.4 is 0 Å². The zero-order valence-electron chi connectivity index (χ0n) is 21.9. The molecule has 0 bridgehead atoms. The van der Waals surface area contributed by atoms with Gasteiger partial charge in [-0.2, -0.15) is 0 Å². The summed E-state index contributed by atoms with van der Waals surface area (Å²) in [5.74, 6) is 3.66. The van der Waals surface area contributed by atoms with Gasteiger partial charge < -0.3 is 8.85 Å². The number of rotatable bonds is 7. The highest BCUT2D eigenvalue weighted by Crippen LogP contribution is 2.45. The van der Waals surface area contributed by atoms with E-state index in [0.29, 0.717) is 11.8 Å². The van der Waals surface area contributed by atoms with Gasteiger partial charge in [0.15, 0.2) is 16.6 Å². The van der Waals surface area contributed by atoms with Gasteiger partial charge in [-0.15, -0.1) is 6.42 Å². The quantitative estimate of drug-likeness (QED) is 0.223. The molecule has 4 atom stereocenters. The summed E-state index contributed by atoms with van der Waals surface area (Å²) in [6.07, 6.45) is 10.1. The molecule has 2 nitrogen and oxygen atoms in total. The summed E-state index contributed by atoms with van der Waals surface area (Å²) in [5, 5.41) is 0.298. The van der Waals surface area contributed by atoms with Gasteiger partial charge in [0, 0.05) is 0 Å². The minimum atomic E-state index is -1.95. The van der Waals surface area contributed by atoms with Crippen LogP contribution in [0.1, 0.15) is 68.2 Å². The lowest BCUT2D eigenvalue weighted by Gasteiger charge is -2.46. The van der Waals surface area contributed by atoms with E-state index >= 15 is 0 Å². The van der Waals surface area contributed by atoms with Gasteiger partial charge in [0.05, 0.1) is 6.10 Å². The van der Waals surface area contributed by atoms with Crippen LogP contribution in [0.5, 0.6) is 0 Å². The van der Waals surface area contributed by atoms with E-state index in [4.69, 9.17) is 15.3 Å². The van der Waals surface area contributed by atoms with Crippen LogP contribution in [0.4, 0.5) is 0 Å². The smallest absolute Gasteiger partial charge is 0.193 e. The van der Waals surface area contributed by atoms with E-state index in [2.05, 4.69) is 100 Å². The van der Waals surface area contributed by atoms with Crippen molar-refractivity contribution in [1.82, 2.24) is 0 Å². The van der Waals surface area contributed by atoms with E-state index in [-0.39, 0.29) is 22.3 Å². The second-order valence-corrected chi connectivity index (χ2v) is 21.9. The van der Waals surface area contributed by atoms with Crippen molar-refractivity contribution >= 4 is 16.6 Å². The van der Waals surface area contributed by atoms with Gasteiger partial charge >= 0.3 is 0 Å². The molecule has 1 aliphatic carbocycles. The molecule has 0 aromatic rings. The highest BCUT2D eigenvalue weighted by atomic mass is 28.4. The Hall–Kier alpha value is -0.606. The lowest BCUT2D eigenvalue weighted by atomic mass is 9.72. The van der Waals surface area contributed by atoms with Crippen molar-refractivity contribution in [2.75, 3.05) is 0 Å². The van der Waals surface area contributed by atoms with Gasteiger partial charge in [0.25, 0.3) is 0 Å². The molecule has 0 saturated carbocycles. The van der Waals surface area contributed by atoms with Gasteiger partial charge in [0.1, 0.15) is 6.10 Å². The molecular weight excluding hydrogens is 400 g/mol. The molecule has 4 heteroatoms. The molecule has 1 rings (SSSR count). The summed E-state index contributed by atoms with van der Waals surface area (Å²) in [5.41, 5.74) is 2.56. The maximum Gasteiger partial charge on any atom is 0.193 e. The third-order valence-electron chi connectivity index (χ3n) is 7.82. The van der Waals surface area contributed by atoms with Crippen molar-refractivity contribution in [2.45, 2.75) is 117 Å². The maximum absolute atomic E-state index is 7.01. The second kappa shape index (κ2) is 9.49. The lowest BCUT2D eigenvalue weighted by molar-refractivity contribution is 0.0780. The Bertz CT molecular complexity index is 683. The van der Waals surface area contributed by atoms with Crippen LogP contribution in [-0.4, -0.2) is 28.8 Å². The molecule has 0 spiro atoms. The van der Waals surface area contributed by atoms with Crippen LogP contribution in [0.3, 0.4) is 0 Å². The molecular formula is C26H48O2Si2. The molecule has 0 unspecified atom stereocenters. The van der Waals surface area contributed by atoms with E-state index < -0.39 is 16.6 Å². The monoisotopic (exact) mass is 448 g/mol. The van der Waals surface area contributed by atoms with E-state index in [1.165, 1.54) is 11.1 Å². The van der Waals surface area contributed by atoms with Crippen molar-refractivity contribution in [3.8, 4) is 12.3 Å². The number of terminal acetylenes is 1. The molecule has 0 fully saturated rings. The topological polar surface area (TPSA) is 18.5 Å². The minimum Gasteiger partial charge on any atom is -0.410 e. The van der Waals surface area contributed by atoms with E-state index in [1.54, 1.807) is 0 Å². The number of allylic oxidation sites excluding steroid dienone is 2. The van der Waals surface area contributed by atoms with Crippen LogP contribution in [0, 0.1) is 24.2 Å². The van der Waals surface area contributed by atoms with Gasteiger partial charge in [-0.1, -0.05) is 65.7 Å². The van der Waals surface area contributed by atoms with Crippen molar-refractivity contribution in [1.29, 1.82) is 0 Å². The predicted molar refractivity (Wildman–Crippen MR) is 138 cm³/mol. The third-order valence-corrected chi connectivity index (χ3v) is 16.8. The Kier molecular flexibility index (Phi) is 8.67. The first-order valence-electron chi connectivity index (χ1n) is 11.5. The van der Waals surface area contributed by atoms with Crippen LogP contribution in [0.15, 0.2) is 23.8 Å². The molecule has 0 N–H and O–H groups in total. The molecule has 0 saturated heterocycles. The molecule has 30 heavy (non-hydrogen) atoms. The highest BCUT2D eigenvalue weighted by molar-refractivity contribution is 6.74. The van der Waals surface area contributed by atoms with Crippen molar-refractivity contribution in [3.05, 3.63) is 23.8 Å². The van der Waals surface area contributed by atoms with Crippen molar-refractivity contribution in [3.63, 3.8) is 0 Å². The van der Waals surface area contributed by atoms with Crippen molar-refractivity contribution in [2.24, 2.45) is 11.8 Å². The minimum absolute atomic E-state index is 0.0835. The largest absolute Gasteiger partial charge is 0.410 e. The third kappa shape index (κ3) is 6.45. The molecule has 172 valence electrons. The van der Waals surface area contributed by atoms with Crippen LogP contribution in [-0.2, 0) is 8.85 Å². The lowest BCUT2D eigenvalue weighted by Crippen LogP contribution is -2.49. The predicted octanol–water partition coefficient (Wildman–Crippen LogP) is 7.95. The first-order chi connectivity index (χ1) is 13.3. The second-order valence-electron chi connectivity index (χ2n) is 12.4. The normalized spacial score (nSPS) is 24.8. The average Bonchev–Trinajstić information content (AvgIpc) is 2.54. The summed E-state index contributed by atoms with van der Waals surface area (Å²) >= 11 is 0. The fourth-order valence-electron chi connectivity index (χ4n) is 3.61. The SMILES string of the molecule is C#C[C@H](C[C@@H]1[C@@H](C(=C)C)CC=C(C)[C@H]1O[Si](C)(C)C(C)(C)C)O[Si](C)(C)C(C)(C)C. The first kappa shape index (κ1) is 27.4. The Morgan fingerprint density at radius 1 is 1.13 bits per heavy atom. The van der Waals surface area contributed by atoms with Gasteiger partial charge in [-0.05, 0) is 80.4 Å². The number of hydrogen-bond acceptors (Lipinski definition) is 2.